The van der Waals surface area contributed by atoms with Crippen LogP contribution in [0.15, 0.2) is 30.9 Å². The minimum Gasteiger partial charge on any atom is -0.379 e. The summed E-state index contributed by atoms with van der Waals surface area (Å²) in [5.74, 6) is -2.84. The van der Waals surface area contributed by atoms with Crippen molar-refractivity contribution in [2.75, 3.05) is 5.75 Å². The van der Waals surface area contributed by atoms with Crippen LogP contribution in [0.2, 0.25) is 0 Å². The molecule has 1 aromatic rings. The van der Waals surface area contributed by atoms with Crippen LogP contribution in [0.25, 0.3) is 0 Å². The molecule has 0 amide bonds. The molecule has 15 heavy (non-hydrogen) atoms. The molecular weight excluding hydrogens is 226 g/mol. The van der Waals surface area contributed by atoms with Gasteiger partial charge >= 0.3 is 10.1 Å². The van der Waals surface area contributed by atoms with Crippen molar-refractivity contribution in [2.24, 2.45) is 0 Å². The van der Waals surface area contributed by atoms with Crippen molar-refractivity contribution in [1.29, 1.82) is 0 Å². The van der Waals surface area contributed by atoms with E-state index in [-0.39, 0.29) is 0 Å². The lowest BCUT2D eigenvalue weighted by molar-refractivity contribution is 0.460. The Hall–Kier alpha value is -1.43. The third kappa shape index (κ3) is 3.32. The van der Waals surface area contributed by atoms with Crippen LogP contribution in [0, 0.1) is 11.6 Å². The summed E-state index contributed by atoms with van der Waals surface area (Å²) in [7, 11) is -3.90. The second kappa shape index (κ2) is 4.39. The van der Waals surface area contributed by atoms with Crippen LogP contribution in [0.5, 0.6) is 5.75 Å². The Morgan fingerprint density at radius 3 is 2.60 bits per heavy atom. The van der Waals surface area contributed by atoms with E-state index in [0.717, 1.165) is 18.2 Å². The normalized spacial score (nSPS) is 11.1. The zero-order valence-electron chi connectivity index (χ0n) is 7.61. The van der Waals surface area contributed by atoms with E-state index < -0.39 is 33.3 Å². The van der Waals surface area contributed by atoms with Crippen molar-refractivity contribution in [2.45, 2.75) is 0 Å². The Morgan fingerprint density at radius 1 is 1.40 bits per heavy atom. The standard InChI is InChI=1S/C9H8F2O3S/c1-2-5-15(12,13)14-9-4-3-7(10)6-8(9)11/h2-4,6H,1,5H2. The van der Waals surface area contributed by atoms with Crippen molar-refractivity contribution < 1.29 is 21.4 Å². The molecule has 0 saturated heterocycles. The fourth-order valence-electron chi connectivity index (χ4n) is 0.858. The molecule has 0 radical (unpaired) electrons. The molecule has 6 heteroatoms. The molecule has 0 aliphatic carbocycles. The van der Waals surface area contributed by atoms with Crippen molar-refractivity contribution in [3.05, 3.63) is 42.5 Å². The lowest BCUT2D eigenvalue weighted by Gasteiger charge is -2.05. The van der Waals surface area contributed by atoms with Crippen LogP contribution in [-0.2, 0) is 10.1 Å². The number of rotatable bonds is 4. The van der Waals surface area contributed by atoms with Crippen molar-refractivity contribution in [3.63, 3.8) is 0 Å². The van der Waals surface area contributed by atoms with E-state index in [1.807, 2.05) is 0 Å². The number of hydrogen-bond acceptors (Lipinski definition) is 3. The topological polar surface area (TPSA) is 43.4 Å². The average molecular weight is 234 g/mol. The van der Waals surface area contributed by atoms with Gasteiger partial charge in [0.25, 0.3) is 0 Å². The molecule has 0 aliphatic heterocycles. The molecule has 0 heterocycles. The van der Waals surface area contributed by atoms with E-state index in [0.29, 0.717) is 6.07 Å². The summed E-state index contributed by atoms with van der Waals surface area (Å²) >= 11 is 0. The molecule has 1 aromatic carbocycles. The van der Waals surface area contributed by atoms with E-state index in [2.05, 4.69) is 10.8 Å². The van der Waals surface area contributed by atoms with Crippen LogP contribution in [0.3, 0.4) is 0 Å². The van der Waals surface area contributed by atoms with E-state index >= 15 is 0 Å². The fraction of sp³-hybridized carbons (Fsp3) is 0.111. The molecule has 0 saturated carbocycles. The highest BCUT2D eigenvalue weighted by Gasteiger charge is 2.14. The molecule has 0 unspecified atom stereocenters. The summed E-state index contributed by atoms with van der Waals surface area (Å²) in [6, 6.07) is 2.35. The maximum absolute atomic E-state index is 13.0. The molecule has 0 spiro atoms. The summed E-state index contributed by atoms with van der Waals surface area (Å²) in [5, 5.41) is 0. The van der Waals surface area contributed by atoms with E-state index in [9.17, 15) is 17.2 Å². The zero-order chi connectivity index (χ0) is 11.5. The Morgan fingerprint density at radius 2 is 2.07 bits per heavy atom. The van der Waals surface area contributed by atoms with Gasteiger partial charge in [-0.15, -0.1) is 6.58 Å². The summed E-state index contributed by atoms with van der Waals surface area (Å²) in [6.45, 7) is 3.21. The van der Waals surface area contributed by atoms with Crippen LogP contribution < -0.4 is 4.18 Å². The molecule has 3 nitrogen and oxygen atoms in total. The first-order valence-electron chi connectivity index (χ1n) is 3.93. The van der Waals surface area contributed by atoms with Gasteiger partial charge in [-0.1, -0.05) is 6.08 Å². The van der Waals surface area contributed by atoms with Gasteiger partial charge in [-0.05, 0) is 12.1 Å². The van der Waals surface area contributed by atoms with Crippen LogP contribution in [0.1, 0.15) is 0 Å². The van der Waals surface area contributed by atoms with Gasteiger partial charge in [0.1, 0.15) is 11.6 Å². The van der Waals surface area contributed by atoms with Gasteiger partial charge < -0.3 is 4.18 Å². The Labute approximate surface area is 86.1 Å². The van der Waals surface area contributed by atoms with Crippen molar-refractivity contribution in [1.82, 2.24) is 0 Å². The summed E-state index contributed by atoms with van der Waals surface area (Å²) in [4.78, 5) is 0. The maximum atomic E-state index is 13.0. The molecular formula is C9H8F2O3S. The van der Waals surface area contributed by atoms with Crippen molar-refractivity contribution in [3.8, 4) is 5.75 Å². The second-order valence-electron chi connectivity index (χ2n) is 2.67. The van der Waals surface area contributed by atoms with Gasteiger partial charge in [0, 0.05) is 6.07 Å². The molecule has 0 fully saturated rings. The number of hydrogen-bond donors (Lipinski definition) is 0. The average Bonchev–Trinajstić information content (AvgIpc) is 2.09. The highest BCUT2D eigenvalue weighted by molar-refractivity contribution is 7.87. The minimum atomic E-state index is -3.90. The van der Waals surface area contributed by atoms with E-state index in [1.54, 1.807) is 0 Å². The highest BCUT2D eigenvalue weighted by atomic mass is 32.2. The van der Waals surface area contributed by atoms with E-state index in [4.69, 9.17) is 0 Å². The first kappa shape index (κ1) is 11.6. The van der Waals surface area contributed by atoms with E-state index in [1.165, 1.54) is 0 Å². The third-order valence-electron chi connectivity index (χ3n) is 1.43. The first-order valence-corrected chi connectivity index (χ1v) is 5.50. The largest absolute Gasteiger partial charge is 0.379 e. The summed E-state index contributed by atoms with van der Waals surface area (Å²) in [5.41, 5.74) is 0. The lowest BCUT2D eigenvalue weighted by atomic mass is 10.3. The predicted octanol–water partition coefficient (Wildman–Crippen LogP) is 1.86. The second-order valence-corrected chi connectivity index (χ2v) is 4.29. The molecule has 82 valence electrons. The van der Waals surface area contributed by atoms with Gasteiger partial charge in [-0.25, -0.2) is 8.78 Å². The minimum absolute atomic E-state index is 0.441. The Balaban J connectivity index is 2.95. The summed E-state index contributed by atoms with van der Waals surface area (Å²) in [6.07, 6.45) is 1.11. The highest BCUT2D eigenvalue weighted by Crippen LogP contribution is 2.19. The lowest BCUT2D eigenvalue weighted by Crippen LogP contribution is -2.12. The van der Waals surface area contributed by atoms with Crippen LogP contribution in [-0.4, -0.2) is 14.2 Å². The maximum Gasteiger partial charge on any atom is 0.312 e. The van der Waals surface area contributed by atoms with Crippen LogP contribution >= 0.6 is 0 Å². The number of benzene rings is 1. The smallest absolute Gasteiger partial charge is 0.312 e. The molecule has 1 rings (SSSR count). The van der Waals surface area contributed by atoms with Gasteiger partial charge in [0.2, 0.25) is 0 Å². The van der Waals surface area contributed by atoms with Gasteiger partial charge in [-0.2, -0.15) is 8.42 Å². The van der Waals surface area contributed by atoms with Gasteiger partial charge in [0.05, 0.1) is 0 Å². The van der Waals surface area contributed by atoms with Crippen molar-refractivity contribution >= 4 is 10.1 Å². The summed E-state index contributed by atoms with van der Waals surface area (Å²) < 4.78 is 52.0. The molecule has 0 aromatic heterocycles. The molecule has 0 atom stereocenters. The number of halogens is 2. The third-order valence-corrected chi connectivity index (χ3v) is 2.51. The quantitative estimate of drug-likeness (QED) is 0.590. The SMILES string of the molecule is C=CCS(=O)(=O)Oc1ccc(F)cc1F. The first-order chi connectivity index (χ1) is 6.94. The fourth-order valence-corrected chi connectivity index (χ4v) is 1.62. The Bertz CT molecular complexity index is 468. The van der Waals surface area contributed by atoms with Gasteiger partial charge in [0.15, 0.2) is 11.6 Å². The molecule has 0 N–H and O–H groups in total. The Kier molecular flexibility index (Phi) is 3.41. The monoisotopic (exact) mass is 234 g/mol. The van der Waals surface area contributed by atoms with Crippen LogP contribution in [0.4, 0.5) is 8.78 Å². The van der Waals surface area contributed by atoms with Gasteiger partial charge in [-0.3, -0.25) is 0 Å². The zero-order valence-corrected chi connectivity index (χ0v) is 8.43. The predicted molar refractivity (Wildman–Crippen MR) is 51.0 cm³/mol. The molecule has 0 bridgehead atoms. The molecule has 0 aliphatic rings.